The number of thiazole rings is 1. The Labute approximate surface area is 124 Å². The molecular formula is C6H3BF3KN2S. The molecule has 0 bridgehead atoms. The number of fused-ring (bicyclic) bond motifs is 1. The van der Waals surface area contributed by atoms with E-state index in [9.17, 15) is 12.9 Å². The van der Waals surface area contributed by atoms with Crippen LogP contribution in [0.25, 0.3) is 10.3 Å². The first-order chi connectivity index (χ1) is 6.07. The van der Waals surface area contributed by atoms with Crippen molar-refractivity contribution in [3.05, 3.63) is 17.8 Å². The van der Waals surface area contributed by atoms with Crippen LogP contribution in [0.1, 0.15) is 0 Å². The molecule has 0 aliphatic carbocycles. The maximum absolute atomic E-state index is 12.2. The maximum atomic E-state index is 12.2. The van der Waals surface area contributed by atoms with Crippen LogP contribution >= 0.6 is 11.3 Å². The van der Waals surface area contributed by atoms with Crippen molar-refractivity contribution in [2.45, 2.75) is 0 Å². The van der Waals surface area contributed by atoms with Crippen molar-refractivity contribution in [2.24, 2.45) is 0 Å². The van der Waals surface area contributed by atoms with Gasteiger partial charge in [-0.05, 0) is 0 Å². The third-order valence-corrected chi connectivity index (χ3v) is 2.34. The van der Waals surface area contributed by atoms with E-state index in [1.54, 1.807) is 0 Å². The van der Waals surface area contributed by atoms with Crippen molar-refractivity contribution >= 4 is 34.1 Å². The predicted molar refractivity (Wildman–Crippen MR) is 46.1 cm³/mol. The van der Waals surface area contributed by atoms with Crippen LogP contribution in [-0.4, -0.2) is 16.9 Å². The second-order valence-electron chi connectivity index (χ2n) is 2.52. The summed E-state index contributed by atoms with van der Waals surface area (Å²) in [6.45, 7) is -4.96. The van der Waals surface area contributed by atoms with Gasteiger partial charge < -0.3 is 12.9 Å². The summed E-state index contributed by atoms with van der Waals surface area (Å²) in [6.07, 6.45) is 0.848. The van der Waals surface area contributed by atoms with Crippen molar-refractivity contribution in [1.29, 1.82) is 0 Å². The van der Waals surface area contributed by atoms with Crippen LogP contribution in [-0.2, 0) is 0 Å². The molecule has 2 nitrogen and oxygen atoms in total. The van der Waals surface area contributed by atoms with Crippen molar-refractivity contribution < 1.29 is 64.3 Å². The van der Waals surface area contributed by atoms with Crippen LogP contribution in [0.3, 0.4) is 0 Å². The molecule has 0 amide bonds. The smallest absolute Gasteiger partial charge is 0.445 e. The summed E-state index contributed by atoms with van der Waals surface area (Å²) < 4.78 is 36.7. The molecule has 2 heterocycles. The summed E-state index contributed by atoms with van der Waals surface area (Å²) >= 11 is 1.22. The van der Waals surface area contributed by atoms with Crippen LogP contribution in [0.2, 0.25) is 0 Å². The largest absolute Gasteiger partial charge is 1.00 e. The minimum absolute atomic E-state index is 0. The van der Waals surface area contributed by atoms with Gasteiger partial charge in [0.05, 0.1) is 11.0 Å². The van der Waals surface area contributed by atoms with E-state index >= 15 is 0 Å². The van der Waals surface area contributed by atoms with Crippen LogP contribution in [0, 0.1) is 0 Å². The first-order valence-corrected chi connectivity index (χ1v) is 4.34. The Morgan fingerprint density at radius 2 is 1.93 bits per heavy atom. The number of pyridine rings is 1. The Hall–Kier alpha value is 0.531. The molecule has 0 atom stereocenters. The molecule has 0 spiro atoms. The van der Waals surface area contributed by atoms with Gasteiger partial charge in [0.2, 0.25) is 0 Å². The molecule has 0 N–H and O–H groups in total. The fourth-order valence-electron chi connectivity index (χ4n) is 0.952. The van der Waals surface area contributed by atoms with Gasteiger partial charge in [-0.15, -0.1) is 11.3 Å². The molecule has 2 aromatic heterocycles. The molecular weight excluding hydrogens is 239 g/mol. The zero-order valence-corrected chi connectivity index (χ0v) is 11.2. The van der Waals surface area contributed by atoms with Gasteiger partial charge in [-0.1, -0.05) is 11.5 Å². The van der Waals surface area contributed by atoms with E-state index in [2.05, 4.69) is 9.97 Å². The molecule has 2 aromatic rings. The first-order valence-electron chi connectivity index (χ1n) is 3.46. The Morgan fingerprint density at radius 3 is 2.57 bits per heavy atom. The normalized spacial score (nSPS) is 11.4. The van der Waals surface area contributed by atoms with Gasteiger partial charge in [0.15, 0.2) is 0 Å². The molecule has 0 radical (unpaired) electrons. The van der Waals surface area contributed by atoms with Crippen molar-refractivity contribution in [1.82, 2.24) is 9.97 Å². The monoisotopic (exact) mass is 242 g/mol. The van der Waals surface area contributed by atoms with Gasteiger partial charge in [0.25, 0.3) is 0 Å². The van der Waals surface area contributed by atoms with Gasteiger partial charge in [-0.25, -0.2) is 9.97 Å². The van der Waals surface area contributed by atoms with E-state index in [-0.39, 0.29) is 51.4 Å². The topological polar surface area (TPSA) is 25.8 Å². The second kappa shape index (κ2) is 4.58. The zero-order chi connectivity index (χ0) is 9.47. The standard InChI is InChI=1S/C6H3BF3N2S.K/c8-7(9,10)4-1-5-6(11-2-4)13-3-12-5;/h1-3H;/q-1;+1. The Balaban J connectivity index is 0.000000980. The molecule has 0 fully saturated rings. The van der Waals surface area contributed by atoms with Crippen LogP contribution in [0.15, 0.2) is 17.8 Å². The van der Waals surface area contributed by atoms with E-state index in [0.717, 1.165) is 12.3 Å². The van der Waals surface area contributed by atoms with E-state index < -0.39 is 12.4 Å². The van der Waals surface area contributed by atoms with Crippen LogP contribution < -0.4 is 56.8 Å². The Bertz CT molecular complexity index is 444. The number of nitrogens with zero attached hydrogens (tertiary/aromatic N) is 2. The summed E-state index contributed by atoms with van der Waals surface area (Å²) in [5.41, 5.74) is 1.09. The molecule has 8 heteroatoms. The SMILES string of the molecule is F[B-](F)(F)c1cnc2scnc2c1.[K+]. The Kier molecular flexibility index (Phi) is 4.13. The number of halogens is 3. The second-order valence-corrected chi connectivity index (χ2v) is 3.35. The third-order valence-electron chi connectivity index (χ3n) is 1.59. The minimum atomic E-state index is -4.96. The summed E-state index contributed by atoms with van der Waals surface area (Å²) in [5, 5.41) is 0. The average Bonchev–Trinajstić information content (AvgIpc) is 2.47. The molecule has 0 saturated carbocycles. The van der Waals surface area contributed by atoms with Crippen LogP contribution in [0.5, 0.6) is 0 Å². The Morgan fingerprint density at radius 1 is 1.21 bits per heavy atom. The van der Waals surface area contributed by atoms with Gasteiger partial charge in [-0.2, -0.15) is 0 Å². The molecule has 0 aliphatic rings. The fraction of sp³-hybridized carbons (Fsp3) is 0. The quantitative estimate of drug-likeness (QED) is 0.584. The molecule has 0 unspecified atom stereocenters. The first kappa shape index (κ1) is 12.6. The molecule has 68 valence electrons. The summed E-state index contributed by atoms with van der Waals surface area (Å²) in [4.78, 5) is 7.95. The van der Waals surface area contributed by atoms with Gasteiger partial charge in [0, 0.05) is 6.20 Å². The molecule has 0 aliphatic heterocycles. The van der Waals surface area contributed by atoms with E-state index in [1.807, 2.05) is 0 Å². The summed E-state index contributed by atoms with van der Waals surface area (Å²) in [7, 11) is 0. The number of hydrogen-bond donors (Lipinski definition) is 0. The number of rotatable bonds is 1. The van der Waals surface area contributed by atoms with Crippen LogP contribution in [0.4, 0.5) is 12.9 Å². The minimum Gasteiger partial charge on any atom is -0.445 e. The molecule has 2 rings (SSSR count). The van der Waals surface area contributed by atoms with E-state index in [4.69, 9.17) is 0 Å². The third kappa shape index (κ3) is 2.56. The number of hydrogen-bond acceptors (Lipinski definition) is 3. The molecule has 14 heavy (non-hydrogen) atoms. The van der Waals surface area contributed by atoms with Crippen molar-refractivity contribution in [3.63, 3.8) is 0 Å². The summed E-state index contributed by atoms with van der Waals surface area (Å²) in [6, 6.07) is 1.03. The molecule has 0 saturated heterocycles. The van der Waals surface area contributed by atoms with Crippen molar-refractivity contribution in [3.8, 4) is 0 Å². The van der Waals surface area contributed by atoms with Gasteiger partial charge in [-0.3, -0.25) is 0 Å². The van der Waals surface area contributed by atoms with Gasteiger partial charge >= 0.3 is 58.4 Å². The molecule has 0 aromatic carbocycles. The predicted octanol–water partition coefficient (Wildman–Crippen LogP) is -1.25. The van der Waals surface area contributed by atoms with E-state index in [1.165, 1.54) is 16.8 Å². The van der Waals surface area contributed by atoms with E-state index in [0.29, 0.717) is 10.3 Å². The maximum Gasteiger partial charge on any atom is 1.00 e. The summed E-state index contributed by atoms with van der Waals surface area (Å²) in [5.74, 6) is 0. The zero-order valence-electron chi connectivity index (χ0n) is 7.25. The number of aromatic nitrogens is 2. The van der Waals surface area contributed by atoms with Gasteiger partial charge in [0.1, 0.15) is 4.83 Å². The average molecular weight is 242 g/mol. The fourth-order valence-corrected chi connectivity index (χ4v) is 1.56. The van der Waals surface area contributed by atoms with Crippen molar-refractivity contribution in [2.75, 3.05) is 0 Å².